The number of hydrogen-bond donors (Lipinski definition) is 2. The number of carbonyl (C=O) groups is 1. The van der Waals surface area contributed by atoms with Crippen molar-refractivity contribution in [1.82, 2.24) is 0 Å². The molecule has 20 heavy (non-hydrogen) atoms. The van der Waals surface area contributed by atoms with Crippen LogP contribution >= 0.6 is 39.3 Å². The van der Waals surface area contributed by atoms with Gasteiger partial charge in [0.05, 0.1) is 5.02 Å². The zero-order valence-electron chi connectivity index (χ0n) is 10.1. The molecule has 3 rings (SSSR count). The third kappa shape index (κ3) is 2.59. The predicted octanol–water partition coefficient (Wildman–Crippen LogP) is 4.24. The molecule has 1 heterocycles. The highest BCUT2D eigenvalue weighted by Crippen LogP contribution is 2.41. The average Bonchev–Trinajstić information content (AvgIpc) is 2.66. The molecule has 1 unspecified atom stereocenters. The van der Waals surface area contributed by atoms with E-state index in [1.807, 2.05) is 24.3 Å². The summed E-state index contributed by atoms with van der Waals surface area (Å²) in [5.41, 5.74) is 1.14. The minimum atomic E-state index is -1.13. The number of fused-ring (bicyclic) bond motifs is 1. The molecule has 0 aromatic heterocycles. The zero-order valence-corrected chi connectivity index (χ0v) is 13.2. The van der Waals surface area contributed by atoms with Gasteiger partial charge >= 0.3 is 0 Å². The third-order valence-electron chi connectivity index (χ3n) is 2.93. The molecule has 3 nitrogen and oxygen atoms in total. The van der Waals surface area contributed by atoms with E-state index in [0.717, 1.165) is 14.3 Å². The lowest BCUT2D eigenvalue weighted by atomic mass is 10.1. The number of anilines is 1. The lowest BCUT2D eigenvalue weighted by Crippen LogP contribution is -2.10. The molecule has 0 bridgehead atoms. The quantitative estimate of drug-likeness (QED) is 0.831. The Bertz CT molecular complexity index is 708. The summed E-state index contributed by atoms with van der Waals surface area (Å²) in [7, 11) is 0. The van der Waals surface area contributed by atoms with Crippen LogP contribution in [-0.2, 0) is 4.79 Å². The van der Waals surface area contributed by atoms with Crippen molar-refractivity contribution in [2.24, 2.45) is 0 Å². The lowest BCUT2D eigenvalue weighted by molar-refractivity contribution is -0.123. The minimum absolute atomic E-state index is 0.416. The van der Waals surface area contributed by atoms with E-state index in [4.69, 9.17) is 11.6 Å². The number of halogens is 2. The van der Waals surface area contributed by atoms with Crippen molar-refractivity contribution in [3.8, 4) is 0 Å². The van der Waals surface area contributed by atoms with E-state index in [0.29, 0.717) is 16.3 Å². The second-order valence-electron chi connectivity index (χ2n) is 4.32. The summed E-state index contributed by atoms with van der Waals surface area (Å²) in [5.74, 6) is -0.416. The van der Waals surface area contributed by atoms with Gasteiger partial charge in [-0.3, -0.25) is 4.79 Å². The number of nitrogens with one attached hydrogen (secondary N) is 1. The highest BCUT2D eigenvalue weighted by atomic mass is 79.9. The Hall–Kier alpha value is -1.01. The van der Waals surface area contributed by atoms with Gasteiger partial charge < -0.3 is 10.4 Å². The molecule has 2 aromatic carbocycles. The van der Waals surface area contributed by atoms with Crippen molar-refractivity contribution in [3.63, 3.8) is 0 Å². The first-order valence-electron chi connectivity index (χ1n) is 5.80. The number of carbonyl (C=O) groups excluding carboxylic acids is 1. The molecule has 0 saturated carbocycles. The topological polar surface area (TPSA) is 49.3 Å². The molecule has 1 aliphatic heterocycles. The molecule has 102 valence electrons. The van der Waals surface area contributed by atoms with Crippen LogP contribution in [0, 0.1) is 0 Å². The number of benzene rings is 2. The molecule has 6 heteroatoms. The van der Waals surface area contributed by atoms with E-state index in [9.17, 15) is 9.90 Å². The van der Waals surface area contributed by atoms with Gasteiger partial charge in [-0.25, -0.2) is 0 Å². The van der Waals surface area contributed by atoms with Crippen LogP contribution in [0.3, 0.4) is 0 Å². The van der Waals surface area contributed by atoms with Gasteiger partial charge in [-0.05, 0) is 30.3 Å². The molecular formula is C14H9BrClNO2S. The van der Waals surface area contributed by atoms with Gasteiger partial charge in [-0.15, -0.1) is 0 Å². The molecule has 2 aromatic rings. The van der Waals surface area contributed by atoms with Crippen LogP contribution < -0.4 is 5.32 Å². The van der Waals surface area contributed by atoms with Crippen LogP contribution in [0.2, 0.25) is 5.02 Å². The largest absolute Gasteiger partial charge is 0.378 e. The Balaban J connectivity index is 1.96. The Morgan fingerprint density at radius 3 is 2.85 bits per heavy atom. The fraction of sp³-hybridized carbons (Fsp3) is 0.0714. The van der Waals surface area contributed by atoms with E-state index >= 15 is 0 Å². The molecule has 0 fully saturated rings. The first-order valence-corrected chi connectivity index (χ1v) is 7.79. The molecule has 2 N–H and O–H groups in total. The summed E-state index contributed by atoms with van der Waals surface area (Å²) in [6.07, 6.45) is -1.13. The Morgan fingerprint density at radius 2 is 2.10 bits per heavy atom. The highest BCUT2D eigenvalue weighted by Gasteiger charge is 2.29. The van der Waals surface area contributed by atoms with Crippen LogP contribution in [0.1, 0.15) is 11.7 Å². The summed E-state index contributed by atoms with van der Waals surface area (Å²) >= 11 is 11.2. The fourth-order valence-electron chi connectivity index (χ4n) is 1.98. The molecule has 0 radical (unpaired) electrons. The number of hydrogen-bond acceptors (Lipinski definition) is 3. The molecule has 0 aliphatic carbocycles. The SMILES string of the molecule is O=C1Nc2cc(Sc3cccc(Br)c3)c(Cl)cc2C1O. The lowest BCUT2D eigenvalue weighted by Gasteiger charge is -2.08. The van der Waals surface area contributed by atoms with E-state index in [2.05, 4.69) is 21.2 Å². The summed E-state index contributed by atoms with van der Waals surface area (Å²) in [5, 5.41) is 12.9. The van der Waals surface area contributed by atoms with Crippen molar-refractivity contribution in [2.75, 3.05) is 5.32 Å². The highest BCUT2D eigenvalue weighted by molar-refractivity contribution is 9.10. The maximum Gasteiger partial charge on any atom is 0.257 e. The normalized spacial score (nSPS) is 16.9. The summed E-state index contributed by atoms with van der Waals surface area (Å²) < 4.78 is 0.989. The van der Waals surface area contributed by atoms with E-state index in [-0.39, 0.29) is 0 Å². The van der Waals surface area contributed by atoms with Gasteiger partial charge in [-0.1, -0.05) is 45.4 Å². The second-order valence-corrected chi connectivity index (χ2v) is 6.76. The molecule has 1 aliphatic rings. The van der Waals surface area contributed by atoms with Crippen molar-refractivity contribution in [1.29, 1.82) is 0 Å². The maximum absolute atomic E-state index is 11.4. The predicted molar refractivity (Wildman–Crippen MR) is 83.3 cm³/mol. The summed E-state index contributed by atoms with van der Waals surface area (Å²) in [4.78, 5) is 13.3. The number of aliphatic hydroxyl groups excluding tert-OH is 1. The molecule has 1 atom stereocenters. The van der Waals surface area contributed by atoms with Gasteiger partial charge in [0.15, 0.2) is 6.10 Å². The monoisotopic (exact) mass is 369 g/mol. The van der Waals surface area contributed by atoms with Crippen molar-refractivity contribution < 1.29 is 9.90 Å². The molecule has 1 amide bonds. The maximum atomic E-state index is 11.4. The second kappa shape index (κ2) is 5.41. The summed E-state index contributed by atoms with van der Waals surface area (Å²) in [6, 6.07) is 11.3. The Morgan fingerprint density at radius 1 is 1.30 bits per heavy atom. The minimum Gasteiger partial charge on any atom is -0.378 e. The number of aliphatic hydroxyl groups is 1. The van der Waals surface area contributed by atoms with Gasteiger partial charge in [0.1, 0.15) is 0 Å². The fourth-order valence-corrected chi connectivity index (χ4v) is 3.74. The van der Waals surface area contributed by atoms with Crippen LogP contribution in [0.5, 0.6) is 0 Å². The molecule has 0 saturated heterocycles. The van der Waals surface area contributed by atoms with Crippen LogP contribution in [0.4, 0.5) is 5.69 Å². The van der Waals surface area contributed by atoms with Gasteiger partial charge in [0.25, 0.3) is 5.91 Å². The summed E-state index contributed by atoms with van der Waals surface area (Å²) in [6.45, 7) is 0. The first-order chi connectivity index (χ1) is 9.54. The number of amides is 1. The Kier molecular flexibility index (Phi) is 3.77. The van der Waals surface area contributed by atoms with Gasteiger partial charge in [0, 0.05) is 25.5 Å². The standard InChI is InChI=1S/C14H9BrClNO2S/c15-7-2-1-3-8(4-7)20-12-6-11-9(5-10(12)16)13(18)14(19)17-11/h1-6,13,18H,(H,17,19). The van der Waals surface area contributed by atoms with Crippen LogP contribution in [-0.4, -0.2) is 11.0 Å². The zero-order chi connectivity index (χ0) is 14.3. The molecular weight excluding hydrogens is 362 g/mol. The van der Waals surface area contributed by atoms with Crippen molar-refractivity contribution in [3.05, 3.63) is 51.5 Å². The van der Waals surface area contributed by atoms with E-state index < -0.39 is 12.0 Å². The molecule has 0 spiro atoms. The van der Waals surface area contributed by atoms with Gasteiger partial charge in [-0.2, -0.15) is 0 Å². The third-order valence-corrected chi connectivity index (χ3v) is 4.89. The van der Waals surface area contributed by atoms with Crippen LogP contribution in [0.15, 0.2) is 50.7 Å². The smallest absolute Gasteiger partial charge is 0.257 e. The van der Waals surface area contributed by atoms with E-state index in [1.165, 1.54) is 11.8 Å². The van der Waals surface area contributed by atoms with Gasteiger partial charge in [0.2, 0.25) is 0 Å². The average molecular weight is 371 g/mol. The number of rotatable bonds is 2. The first kappa shape index (κ1) is 13.9. The van der Waals surface area contributed by atoms with E-state index in [1.54, 1.807) is 12.1 Å². The van der Waals surface area contributed by atoms with Crippen molar-refractivity contribution >= 4 is 50.9 Å². The van der Waals surface area contributed by atoms with Crippen LogP contribution in [0.25, 0.3) is 0 Å². The Labute approximate surface area is 133 Å². The van der Waals surface area contributed by atoms with Crippen molar-refractivity contribution in [2.45, 2.75) is 15.9 Å².